The summed E-state index contributed by atoms with van der Waals surface area (Å²) in [4.78, 5) is 13.0. The van der Waals surface area contributed by atoms with Gasteiger partial charge in [-0.3, -0.25) is 9.38 Å². The molecule has 9 heteroatoms. The summed E-state index contributed by atoms with van der Waals surface area (Å²) in [7, 11) is 1.55. The van der Waals surface area contributed by atoms with Crippen LogP contribution in [0.25, 0.3) is 22.3 Å². The number of aliphatic hydroxyl groups is 1. The van der Waals surface area contributed by atoms with Crippen molar-refractivity contribution in [1.82, 2.24) is 29.5 Å². The Morgan fingerprint density at radius 2 is 1.90 bits per heavy atom. The fraction of sp³-hybridized carbons (Fsp3) is 0.200. The van der Waals surface area contributed by atoms with E-state index in [9.17, 15) is 5.11 Å². The molecule has 4 aromatic rings. The Morgan fingerprint density at radius 3 is 2.55 bits per heavy atom. The maximum absolute atomic E-state index is 10.1. The van der Waals surface area contributed by atoms with Gasteiger partial charge < -0.3 is 15.3 Å². The van der Waals surface area contributed by atoms with Crippen LogP contribution in [0.3, 0.4) is 0 Å². The molecule has 29 heavy (non-hydrogen) atoms. The number of hydrogen-bond acceptors (Lipinski definition) is 8. The van der Waals surface area contributed by atoms with Crippen molar-refractivity contribution >= 4 is 28.0 Å². The first kappa shape index (κ1) is 18.5. The maximum Gasteiger partial charge on any atom is 0.179 e. The van der Waals surface area contributed by atoms with Crippen molar-refractivity contribution in [3.63, 3.8) is 0 Å². The van der Waals surface area contributed by atoms with Crippen LogP contribution in [0, 0.1) is 5.41 Å². The average Bonchev–Trinajstić information content (AvgIpc) is 3.11. The Bertz CT molecular complexity index is 1260. The lowest BCUT2D eigenvalue weighted by Gasteiger charge is -2.14. The molecular weight excluding hydrogens is 370 g/mol. The highest BCUT2D eigenvalue weighted by Gasteiger charge is 2.18. The summed E-state index contributed by atoms with van der Waals surface area (Å²) in [6.07, 6.45) is 5.41. The van der Waals surface area contributed by atoms with Gasteiger partial charge in [0.1, 0.15) is 17.4 Å². The topological polar surface area (TPSA) is 122 Å². The summed E-state index contributed by atoms with van der Waals surface area (Å²) in [5.41, 5.74) is 3.23. The number of aromatic nitrogens is 6. The molecule has 0 radical (unpaired) electrons. The predicted octanol–water partition coefficient (Wildman–Crippen LogP) is 3.00. The number of hydrogen-bond donors (Lipinski definition) is 2. The van der Waals surface area contributed by atoms with Crippen LogP contribution in [0.2, 0.25) is 0 Å². The highest BCUT2D eigenvalue weighted by atomic mass is 16.5. The molecule has 0 saturated carbocycles. The van der Waals surface area contributed by atoms with E-state index in [2.05, 4.69) is 25.1 Å². The minimum absolute atomic E-state index is 0.0439. The molecular formula is C20H19N7O2. The third-order valence-electron chi connectivity index (χ3n) is 4.55. The van der Waals surface area contributed by atoms with Gasteiger partial charge >= 0.3 is 0 Å². The number of aliphatic hydroxyl groups excluding tert-OH is 1. The molecule has 0 bridgehead atoms. The number of methoxy groups -OCH3 is 1. The third kappa shape index (κ3) is 3.27. The molecule has 0 unspecified atom stereocenters. The fourth-order valence-corrected chi connectivity index (χ4v) is 3.35. The van der Waals surface area contributed by atoms with Crippen LogP contribution in [0.1, 0.15) is 31.1 Å². The van der Waals surface area contributed by atoms with Crippen molar-refractivity contribution in [1.29, 1.82) is 5.41 Å². The molecule has 2 N–H and O–H groups in total. The normalized spacial score (nSPS) is 12.2. The second kappa shape index (κ2) is 7.27. The van der Waals surface area contributed by atoms with Crippen LogP contribution >= 0.6 is 0 Å². The zero-order valence-electron chi connectivity index (χ0n) is 16.2. The zero-order chi connectivity index (χ0) is 20.5. The Labute approximate surface area is 166 Å². The van der Waals surface area contributed by atoms with Crippen LogP contribution in [-0.2, 0) is 6.42 Å². The van der Waals surface area contributed by atoms with Crippen molar-refractivity contribution in [2.75, 3.05) is 7.11 Å². The lowest BCUT2D eigenvalue weighted by Crippen LogP contribution is -2.05. The van der Waals surface area contributed by atoms with Crippen LogP contribution in [0.15, 0.2) is 42.5 Å². The molecule has 3 aromatic heterocycles. The summed E-state index contributed by atoms with van der Waals surface area (Å²) >= 11 is 0. The molecule has 0 fully saturated rings. The summed E-state index contributed by atoms with van der Waals surface area (Å²) in [5, 5.41) is 26.6. The molecule has 146 valence electrons. The van der Waals surface area contributed by atoms with Crippen LogP contribution in [0.4, 0.5) is 0 Å². The quantitative estimate of drug-likeness (QED) is 0.397. The number of nitrogens with one attached hydrogen (secondary N) is 1. The molecule has 0 amide bonds. The van der Waals surface area contributed by atoms with Gasteiger partial charge in [-0.2, -0.15) is 0 Å². The minimum atomic E-state index is 0.0439. The molecule has 0 aliphatic heterocycles. The second-order valence-electron chi connectivity index (χ2n) is 6.54. The molecule has 1 aromatic carbocycles. The summed E-state index contributed by atoms with van der Waals surface area (Å²) < 4.78 is 7.46. The smallest absolute Gasteiger partial charge is 0.179 e. The van der Waals surface area contributed by atoms with E-state index in [1.165, 1.54) is 0 Å². The van der Waals surface area contributed by atoms with Gasteiger partial charge in [0.25, 0.3) is 0 Å². The SMILES string of the molecule is COc1cc2c(cc1/C(C(C)=N)=C(\C)O)ncc1nnc(Cc3ncccn3)n12. The van der Waals surface area contributed by atoms with E-state index in [1.54, 1.807) is 51.7 Å². The van der Waals surface area contributed by atoms with E-state index in [1.807, 2.05) is 10.5 Å². The predicted molar refractivity (Wildman–Crippen MR) is 108 cm³/mol. The molecule has 0 saturated heterocycles. The van der Waals surface area contributed by atoms with E-state index in [0.717, 1.165) is 5.52 Å². The molecule has 4 rings (SSSR count). The third-order valence-corrected chi connectivity index (χ3v) is 4.55. The van der Waals surface area contributed by atoms with Gasteiger partial charge in [-0.25, -0.2) is 9.97 Å². The largest absolute Gasteiger partial charge is 0.512 e. The number of nitrogens with zero attached hydrogens (tertiary/aromatic N) is 6. The van der Waals surface area contributed by atoms with Gasteiger partial charge in [-0.1, -0.05) is 0 Å². The highest BCUT2D eigenvalue weighted by molar-refractivity contribution is 6.22. The Kier molecular flexibility index (Phi) is 4.63. The van der Waals surface area contributed by atoms with Gasteiger partial charge in [-0.05, 0) is 26.0 Å². The van der Waals surface area contributed by atoms with Gasteiger partial charge in [0.05, 0.1) is 36.5 Å². The van der Waals surface area contributed by atoms with E-state index in [4.69, 9.17) is 10.1 Å². The fourth-order valence-electron chi connectivity index (χ4n) is 3.35. The van der Waals surface area contributed by atoms with Gasteiger partial charge in [-0.15, -0.1) is 10.2 Å². The molecule has 9 nitrogen and oxygen atoms in total. The number of benzene rings is 1. The lowest BCUT2D eigenvalue weighted by atomic mass is 9.99. The lowest BCUT2D eigenvalue weighted by molar-refractivity contribution is 0.409. The molecule has 0 spiro atoms. The molecule has 0 atom stereocenters. The zero-order valence-corrected chi connectivity index (χ0v) is 16.2. The molecule has 0 aliphatic rings. The summed E-state index contributed by atoms with van der Waals surface area (Å²) in [6.45, 7) is 3.17. The number of fused-ring (bicyclic) bond motifs is 3. The van der Waals surface area contributed by atoms with Gasteiger partial charge in [0.15, 0.2) is 5.65 Å². The van der Waals surface area contributed by atoms with Crippen LogP contribution in [0.5, 0.6) is 5.75 Å². The van der Waals surface area contributed by atoms with Crippen molar-refractivity contribution in [3.05, 3.63) is 59.8 Å². The summed E-state index contributed by atoms with van der Waals surface area (Å²) in [5.74, 6) is 1.86. The second-order valence-corrected chi connectivity index (χ2v) is 6.54. The minimum Gasteiger partial charge on any atom is -0.512 e. The van der Waals surface area contributed by atoms with Crippen LogP contribution in [-0.4, -0.2) is 47.5 Å². The van der Waals surface area contributed by atoms with Crippen molar-refractivity contribution in [3.8, 4) is 5.75 Å². The van der Waals surface area contributed by atoms with E-state index in [-0.39, 0.29) is 11.5 Å². The van der Waals surface area contributed by atoms with E-state index < -0.39 is 0 Å². The number of allylic oxidation sites excluding steroid dienone is 2. The Hall–Kier alpha value is -3.88. The standard InChI is InChI=1S/C20H19N7O2/c1-11(21)20(12(2)28)13-7-14-15(8-16(13)29-3)27-18(25-26-19(27)10-24-14)9-17-22-5-4-6-23-17/h4-8,10,21,28H,9H2,1-3H3/b20-12+,21-11?. The molecule has 0 aliphatic carbocycles. The first-order valence-electron chi connectivity index (χ1n) is 8.92. The van der Waals surface area contributed by atoms with Crippen molar-refractivity contribution < 1.29 is 9.84 Å². The Morgan fingerprint density at radius 1 is 1.14 bits per heavy atom. The van der Waals surface area contributed by atoms with Gasteiger partial charge in [0.2, 0.25) is 0 Å². The Balaban J connectivity index is 1.96. The van der Waals surface area contributed by atoms with Crippen LogP contribution < -0.4 is 4.74 Å². The highest BCUT2D eigenvalue weighted by Crippen LogP contribution is 2.33. The molecule has 3 heterocycles. The first-order chi connectivity index (χ1) is 14.0. The van der Waals surface area contributed by atoms with Crippen molar-refractivity contribution in [2.45, 2.75) is 20.3 Å². The first-order valence-corrected chi connectivity index (χ1v) is 8.92. The maximum atomic E-state index is 10.1. The van der Waals surface area contributed by atoms with Crippen molar-refractivity contribution in [2.24, 2.45) is 0 Å². The van der Waals surface area contributed by atoms with Gasteiger partial charge in [0, 0.05) is 35.3 Å². The number of rotatable bonds is 5. The summed E-state index contributed by atoms with van der Waals surface area (Å²) in [6, 6.07) is 5.37. The van der Waals surface area contributed by atoms with E-state index >= 15 is 0 Å². The monoisotopic (exact) mass is 389 g/mol. The van der Waals surface area contributed by atoms with E-state index in [0.29, 0.717) is 46.1 Å². The number of ether oxygens (including phenoxy) is 1. The average molecular weight is 389 g/mol.